The highest BCUT2D eigenvalue weighted by Crippen LogP contribution is 2.25. The lowest BCUT2D eigenvalue weighted by Crippen LogP contribution is -2.50. The first kappa shape index (κ1) is 18.4. The Morgan fingerprint density at radius 2 is 1.85 bits per heavy atom. The molecule has 27 heavy (non-hydrogen) atoms. The van der Waals surface area contributed by atoms with Crippen molar-refractivity contribution < 1.29 is 19.2 Å². The van der Waals surface area contributed by atoms with Gasteiger partial charge in [-0.3, -0.25) is 14.9 Å². The number of methoxy groups -OCH3 is 1. The Labute approximate surface area is 156 Å². The molecule has 9 nitrogen and oxygen atoms in total. The van der Waals surface area contributed by atoms with Gasteiger partial charge in [-0.2, -0.15) is 0 Å². The van der Waals surface area contributed by atoms with Crippen LogP contribution in [0.4, 0.5) is 11.5 Å². The summed E-state index contributed by atoms with van der Waals surface area (Å²) in [4.78, 5) is 30.5. The summed E-state index contributed by atoms with van der Waals surface area (Å²) < 4.78 is 10.8. The maximum Gasteiger partial charge on any atom is 0.287 e. The van der Waals surface area contributed by atoms with Crippen LogP contribution < -0.4 is 14.4 Å². The van der Waals surface area contributed by atoms with E-state index >= 15 is 0 Å². The van der Waals surface area contributed by atoms with Crippen LogP contribution in [0.5, 0.6) is 11.5 Å². The van der Waals surface area contributed by atoms with Crippen LogP contribution in [0.3, 0.4) is 0 Å². The van der Waals surface area contributed by atoms with Crippen LogP contribution in [0, 0.1) is 10.1 Å². The van der Waals surface area contributed by atoms with Crippen LogP contribution in [0.15, 0.2) is 42.6 Å². The molecule has 1 aliphatic rings. The Balaban J connectivity index is 1.51. The number of nitro groups is 1. The summed E-state index contributed by atoms with van der Waals surface area (Å²) in [7, 11) is 1.55. The van der Waals surface area contributed by atoms with Crippen molar-refractivity contribution in [3.63, 3.8) is 0 Å². The van der Waals surface area contributed by atoms with Gasteiger partial charge >= 0.3 is 0 Å². The van der Waals surface area contributed by atoms with Gasteiger partial charge < -0.3 is 19.3 Å². The van der Waals surface area contributed by atoms with Crippen molar-refractivity contribution in [1.29, 1.82) is 0 Å². The maximum atomic E-state index is 12.4. The van der Waals surface area contributed by atoms with Crippen molar-refractivity contribution in [2.24, 2.45) is 0 Å². The largest absolute Gasteiger partial charge is 0.493 e. The number of nitrogens with zero attached hydrogens (tertiary/aromatic N) is 4. The van der Waals surface area contributed by atoms with E-state index in [9.17, 15) is 14.9 Å². The van der Waals surface area contributed by atoms with E-state index in [0.29, 0.717) is 43.5 Å². The average Bonchev–Trinajstić information content (AvgIpc) is 2.72. The van der Waals surface area contributed by atoms with Crippen LogP contribution >= 0.6 is 0 Å². The predicted molar refractivity (Wildman–Crippen MR) is 98.2 cm³/mol. The minimum atomic E-state index is -0.477. The standard InChI is InChI=1S/C18H20N4O5/c1-26-15-4-2-3-5-16(15)27-13-18(23)21-10-8-20(9-11-21)17-7-6-14(12-19-17)22(24)25/h2-7,12H,8-11,13H2,1H3. The van der Waals surface area contributed by atoms with E-state index in [0.717, 1.165) is 0 Å². The topological polar surface area (TPSA) is 98.0 Å². The number of aromatic nitrogens is 1. The highest BCUT2D eigenvalue weighted by Gasteiger charge is 2.23. The fourth-order valence-electron chi connectivity index (χ4n) is 2.83. The van der Waals surface area contributed by atoms with Crippen LogP contribution in [0.25, 0.3) is 0 Å². The number of piperazine rings is 1. The molecule has 0 aliphatic carbocycles. The monoisotopic (exact) mass is 372 g/mol. The Hall–Kier alpha value is -3.36. The summed E-state index contributed by atoms with van der Waals surface area (Å²) in [5, 5.41) is 10.7. The van der Waals surface area contributed by atoms with E-state index in [1.807, 2.05) is 17.0 Å². The minimum Gasteiger partial charge on any atom is -0.493 e. The molecule has 0 N–H and O–H groups in total. The van der Waals surface area contributed by atoms with Gasteiger partial charge in [0.1, 0.15) is 12.0 Å². The van der Waals surface area contributed by atoms with Gasteiger partial charge in [0.25, 0.3) is 11.6 Å². The summed E-state index contributed by atoms with van der Waals surface area (Å²) in [5.74, 6) is 1.68. The number of pyridine rings is 1. The molecule has 0 saturated carbocycles. The van der Waals surface area contributed by atoms with E-state index in [1.165, 1.54) is 12.3 Å². The number of anilines is 1. The number of para-hydroxylation sites is 2. The van der Waals surface area contributed by atoms with Crippen molar-refractivity contribution in [1.82, 2.24) is 9.88 Å². The molecule has 0 atom stereocenters. The first-order valence-electron chi connectivity index (χ1n) is 8.47. The molecule has 1 aromatic heterocycles. The summed E-state index contributed by atoms with van der Waals surface area (Å²) in [6.07, 6.45) is 1.24. The molecular formula is C18H20N4O5. The van der Waals surface area contributed by atoms with E-state index in [-0.39, 0.29) is 18.2 Å². The van der Waals surface area contributed by atoms with Crippen LogP contribution in [0.1, 0.15) is 0 Å². The van der Waals surface area contributed by atoms with Gasteiger partial charge in [-0.25, -0.2) is 4.98 Å². The molecule has 2 aromatic rings. The molecule has 0 spiro atoms. The molecule has 1 amide bonds. The second-order valence-electron chi connectivity index (χ2n) is 5.94. The summed E-state index contributed by atoms with van der Waals surface area (Å²) in [6.45, 7) is 2.21. The Kier molecular flexibility index (Phi) is 5.70. The Morgan fingerprint density at radius 1 is 1.15 bits per heavy atom. The molecule has 2 heterocycles. The van der Waals surface area contributed by atoms with Crippen molar-refractivity contribution >= 4 is 17.4 Å². The normalized spacial score (nSPS) is 14.0. The number of amides is 1. The zero-order chi connectivity index (χ0) is 19.2. The van der Waals surface area contributed by atoms with Gasteiger partial charge in [0.15, 0.2) is 18.1 Å². The molecule has 0 unspecified atom stereocenters. The number of ether oxygens (including phenoxy) is 2. The van der Waals surface area contributed by atoms with Crippen molar-refractivity contribution in [2.45, 2.75) is 0 Å². The Bertz CT molecular complexity index is 804. The van der Waals surface area contributed by atoms with Crippen molar-refractivity contribution in [3.8, 4) is 11.5 Å². The van der Waals surface area contributed by atoms with Gasteiger partial charge in [0.05, 0.1) is 12.0 Å². The number of carbonyl (C=O) groups is 1. The molecule has 1 aromatic carbocycles. The second-order valence-corrected chi connectivity index (χ2v) is 5.94. The average molecular weight is 372 g/mol. The first-order valence-corrected chi connectivity index (χ1v) is 8.47. The zero-order valence-corrected chi connectivity index (χ0v) is 14.9. The van der Waals surface area contributed by atoms with Gasteiger partial charge in [-0.05, 0) is 18.2 Å². The summed E-state index contributed by atoms with van der Waals surface area (Å²) in [5.41, 5.74) is -0.0407. The van der Waals surface area contributed by atoms with Crippen molar-refractivity contribution in [3.05, 3.63) is 52.7 Å². The molecule has 9 heteroatoms. The third-order valence-corrected chi connectivity index (χ3v) is 4.32. The fourth-order valence-corrected chi connectivity index (χ4v) is 2.83. The Morgan fingerprint density at radius 3 is 2.44 bits per heavy atom. The number of hydrogen-bond donors (Lipinski definition) is 0. The molecule has 1 aliphatic heterocycles. The van der Waals surface area contributed by atoms with Crippen LogP contribution in [-0.2, 0) is 4.79 Å². The van der Waals surface area contributed by atoms with E-state index in [2.05, 4.69) is 4.98 Å². The summed E-state index contributed by atoms with van der Waals surface area (Å²) in [6, 6.07) is 10.2. The van der Waals surface area contributed by atoms with Crippen LogP contribution in [0.2, 0.25) is 0 Å². The van der Waals surface area contributed by atoms with Crippen molar-refractivity contribution in [2.75, 3.05) is 44.8 Å². The molecule has 1 saturated heterocycles. The molecular weight excluding hydrogens is 352 g/mol. The second kappa shape index (κ2) is 8.35. The molecule has 1 fully saturated rings. The molecule has 0 bridgehead atoms. The zero-order valence-electron chi connectivity index (χ0n) is 14.9. The van der Waals surface area contributed by atoms with E-state index in [4.69, 9.17) is 9.47 Å². The van der Waals surface area contributed by atoms with E-state index in [1.54, 1.807) is 30.2 Å². The number of carbonyl (C=O) groups excluding carboxylic acids is 1. The predicted octanol–water partition coefficient (Wildman–Crippen LogP) is 1.73. The number of benzene rings is 1. The van der Waals surface area contributed by atoms with Crippen LogP contribution in [-0.4, -0.2) is 60.6 Å². The third kappa shape index (κ3) is 4.43. The minimum absolute atomic E-state index is 0.0407. The smallest absolute Gasteiger partial charge is 0.287 e. The highest BCUT2D eigenvalue weighted by atomic mass is 16.6. The maximum absolute atomic E-state index is 12.4. The fraction of sp³-hybridized carbons (Fsp3) is 0.333. The highest BCUT2D eigenvalue weighted by molar-refractivity contribution is 5.78. The third-order valence-electron chi connectivity index (χ3n) is 4.32. The SMILES string of the molecule is COc1ccccc1OCC(=O)N1CCN(c2ccc([N+](=O)[O-])cn2)CC1. The van der Waals surface area contributed by atoms with Gasteiger partial charge in [0, 0.05) is 32.2 Å². The molecule has 0 radical (unpaired) electrons. The molecule has 142 valence electrons. The van der Waals surface area contributed by atoms with Gasteiger partial charge in [-0.15, -0.1) is 0 Å². The molecule has 3 rings (SSSR count). The number of hydrogen-bond acceptors (Lipinski definition) is 7. The lowest BCUT2D eigenvalue weighted by Gasteiger charge is -2.35. The number of rotatable bonds is 6. The van der Waals surface area contributed by atoms with Gasteiger partial charge in [0.2, 0.25) is 0 Å². The lowest BCUT2D eigenvalue weighted by atomic mass is 10.3. The lowest BCUT2D eigenvalue weighted by molar-refractivity contribution is -0.385. The quantitative estimate of drug-likeness (QED) is 0.562. The summed E-state index contributed by atoms with van der Waals surface area (Å²) >= 11 is 0. The van der Waals surface area contributed by atoms with E-state index < -0.39 is 4.92 Å². The van der Waals surface area contributed by atoms with Gasteiger partial charge in [-0.1, -0.05) is 12.1 Å². The first-order chi connectivity index (χ1) is 13.1.